The van der Waals surface area contributed by atoms with Gasteiger partial charge in [0.15, 0.2) is 5.13 Å². The van der Waals surface area contributed by atoms with Crippen molar-refractivity contribution < 1.29 is 24.6 Å². The van der Waals surface area contributed by atoms with Crippen molar-refractivity contribution >= 4 is 34.2 Å². The number of nitrogens with two attached hydrogens (primary N) is 1. The van der Waals surface area contributed by atoms with Crippen LogP contribution in [0.4, 0.5) is 5.13 Å². The van der Waals surface area contributed by atoms with Crippen molar-refractivity contribution in [1.29, 1.82) is 0 Å². The third-order valence-electron chi connectivity index (χ3n) is 9.41. The summed E-state index contributed by atoms with van der Waals surface area (Å²) in [7, 11) is 3.25. The highest BCUT2D eigenvalue weighted by Crippen LogP contribution is 2.34. The van der Waals surface area contributed by atoms with Gasteiger partial charge in [-0.05, 0) is 43.4 Å². The second-order valence-electron chi connectivity index (χ2n) is 13.8. The molecule has 0 spiro atoms. The molecule has 0 radical (unpaired) electrons. The number of carbonyl (C=O) groups is 3. The van der Waals surface area contributed by atoms with Crippen LogP contribution in [0.15, 0.2) is 5.38 Å². The highest BCUT2D eigenvalue weighted by Gasteiger charge is 2.40. The molecule has 11 heteroatoms. The molecular weight excluding hydrogens is 578 g/mol. The van der Waals surface area contributed by atoms with Gasteiger partial charge in [0.25, 0.3) is 0 Å². The number of anilines is 1. The molecule has 3 amide bonds. The average molecular weight is 636 g/mol. The lowest BCUT2D eigenvalue weighted by Crippen LogP contribution is -2.55. The molecule has 1 aromatic heterocycles. The van der Waals surface area contributed by atoms with Crippen LogP contribution in [0.2, 0.25) is 0 Å². The fourth-order valence-corrected chi connectivity index (χ4v) is 7.49. The van der Waals surface area contributed by atoms with E-state index in [1.54, 1.807) is 14.1 Å². The van der Waals surface area contributed by atoms with Gasteiger partial charge in [-0.3, -0.25) is 14.4 Å². The molecule has 44 heavy (non-hydrogen) atoms. The van der Waals surface area contributed by atoms with Crippen LogP contribution >= 0.6 is 11.3 Å². The van der Waals surface area contributed by atoms with E-state index < -0.39 is 24.2 Å². The van der Waals surface area contributed by atoms with E-state index in [4.69, 9.17) is 5.73 Å². The summed E-state index contributed by atoms with van der Waals surface area (Å²) in [6.07, 6.45) is 10.2. The molecule has 0 aliphatic heterocycles. The Bertz CT molecular complexity index is 1040. The second kappa shape index (κ2) is 18.0. The van der Waals surface area contributed by atoms with E-state index >= 15 is 0 Å². The first-order valence-electron chi connectivity index (χ1n) is 16.8. The summed E-state index contributed by atoms with van der Waals surface area (Å²) < 4.78 is 0. The van der Waals surface area contributed by atoms with Crippen molar-refractivity contribution in [1.82, 2.24) is 20.1 Å². The smallest absolute Gasteiger partial charge is 0.241 e. The summed E-state index contributed by atoms with van der Waals surface area (Å²) in [5.74, 6) is -0.711. The molecule has 0 aromatic carbocycles. The topological polar surface area (TPSA) is 149 Å². The number of thiazole rings is 1. The second-order valence-corrected chi connectivity index (χ2v) is 14.7. The van der Waals surface area contributed by atoms with Gasteiger partial charge in [0.05, 0.1) is 30.3 Å². The molecule has 2 aliphatic rings. The molecule has 1 heterocycles. The van der Waals surface area contributed by atoms with Gasteiger partial charge in [0, 0.05) is 38.9 Å². The predicted octanol–water partition coefficient (Wildman–Crippen LogP) is 3.99. The number of hydrogen-bond donors (Lipinski definition) is 4. The van der Waals surface area contributed by atoms with Gasteiger partial charge in [-0.2, -0.15) is 0 Å². The molecule has 0 saturated heterocycles. The zero-order chi connectivity index (χ0) is 32.2. The Labute approximate surface area is 268 Å². The number of likely N-dealkylation sites (N-methyl/N-ethyl adjacent to an activating group) is 1. The van der Waals surface area contributed by atoms with Gasteiger partial charge in [-0.1, -0.05) is 65.2 Å². The van der Waals surface area contributed by atoms with Crippen LogP contribution in [0.1, 0.15) is 103 Å². The molecule has 1 aromatic rings. The Kier molecular flexibility index (Phi) is 14.9. The molecule has 2 fully saturated rings. The van der Waals surface area contributed by atoms with Crippen LogP contribution in [0.3, 0.4) is 0 Å². The summed E-state index contributed by atoms with van der Waals surface area (Å²) in [6, 6.07) is -0.553. The average Bonchev–Trinajstić information content (AvgIpc) is 3.41. The minimum Gasteiger partial charge on any atom is -0.390 e. The number of aliphatic hydroxyl groups excluding tert-OH is 2. The molecule has 2 saturated carbocycles. The van der Waals surface area contributed by atoms with Gasteiger partial charge in [0.1, 0.15) is 6.10 Å². The number of nitrogens with zero attached hydrogens (tertiary/aromatic N) is 3. The number of carbonyl (C=O) groups excluding carboxylic acids is 3. The van der Waals surface area contributed by atoms with Crippen LogP contribution in [0.5, 0.6) is 0 Å². The van der Waals surface area contributed by atoms with Gasteiger partial charge in [-0.15, -0.1) is 11.3 Å². The van der Waals surface area contributed by atoms with E-state index in [-0.39, 0.29) is 43.0 Å². The minimum atomic E-state index is -1.09. The largest absolute Gasteiger partial charge is 0.390 e. The lowest BCUT2D eigenvalue weighted by Gasteiger charge is -2.42. The molecule has 10 nitrogen and oxygen atoms in total. The predicted molar refractivity (Wildman–Crippen MR) is 175 cm³/mol. The van der Waals surface area contributed by atoms with Gasteiger partial charge < -0.3 is 31.1 Å². The van der Waals surface area contributed by atoms with Crippen LogP contribution < -0.4 is 11.1 Å². The third-order valence-corrected chi connectivity index (χ3v) is 10.1. The van der Waals surface area contributed by atoms with Crippen LogP contribution in [-0.4, -0.2) is 88.2 Å². The van der Waals surface area contributed by atoms with E-state index in [1.807, 2.05) is 24.1 Å². The Morgan fingerprint density at radius 3 is 2.18 bits per heavy atom. The fraction of sp³-hybridized carbons (Fsp3) is 0.818. The Hall–Kier alpha value is -2.24. The standard InChI is InChI=1S/C33H57N5O5S/c1-22(2)15-28(39)31(42)27(16-23-11-7-5-8-12-23)38(20-24-13-9-6-10-14-24)32(43)25(17-26-21-44-33(34)36-26)18-29(40)35-19-30(41)37(3)4/h21-25,27-28,31,39,42H,5-20H2,1-4H3,(H2,34,36)(H,35,40)/t25-,27+,28+,31-/m1/s1. The Morgan fingerprint density at radius 1 is 1.02 bits per heavy atom. The van der Waals surface area contributed by atoms with Gasteiger partial charge in [-0.25, -0.2) is 4.98 Å². The van der Waals surface area contributed by atoms with Crippen molar-refractivity contribution in [2.75, 3.05) is 32.9 Å². The first kappa shape index (κ1) is 36.2. The van der Waals surface area contributed by atoms with Crippen molar-refractivity contribution in [3.63, 3.8) is 0 Å². The molecular formula is C33H57N5O5S. The van der Waals surface area contributed by atoms with E-state index in [9.17, 15) is 24.6 Å². The molecule has 3 rings (SSSR count). The highest BCUT2D eigenvalue weighted by molar-refractivity contribution is 7.13. The number of aliphatic hydroxyl groups is 2. The summed E-state index contributed by atoms with van der Waals surface area (Å²) >= 11 is 1.29. The zero-order valence-corrected chi connectivity index (χ0v) is 28.2. The maximum absolute atomic E-state index is 14.8. The number of rotatable bonds is 16. The van der Waals surface area contributed by atoms with Crippen molar-refractivity contribution in [2.24, 2.45) is 23.7 Å². The van der Waals surface area contributed by atoms with Gasteiger partial charge in [0.2, 0.25) is 17.7 Å². The number of hydrogen-bond acceptors (Lipinski definition) is 8. The van der Waals surface area contributed by atoms with E-state index in [0.29, 0.717) is 42.0 Å². The van der Waals surface area contributed by atoms with Gasteiger partial charge >= 0.3 is 0 Å². The molecule has 2 aliphatic carbocycles. The highest BCUT2D eigenvalue weighted by atomic mass is 32.1. The first-order chi connectivity index (χ1) is 20.9. The van der Waals surface area contributed by atoms with Crippen molar-refractivity contribution in [3.05, 3.63) is 11.1 Å². The van der Waals surface area contributed by atoms with Crippen LogP contribution in [0, 0.1) is 23.7 Å². The first-order valence-corrected chi connectivity index (χ1v) is 17.7. The molecule has 4 atom stereocenters. The molecule has 0 bridgehead atoms. The maximum atomic E-state index is 14.8. The third kappa shape index (κ3) is 11.6. The van der Waals surface area contributed by atoms with Crippen LogP contribution in [-0.2, 0) is 20.8 Å². The summed E-state index contributed by atoms with van der Waals surface area (Å²) in [6.45, 7) is 4.39. The number of amides is 3. The minimum absolute atomic E-state index is 0.112. The molecule has 0 unspecified atom stereocenters. The van der Waals surface area contributed by atoms with Crippen molar-refractivity contribution in [3.8, 4) is 0 Å². The number of aromatic nitrogens is 1. The summed E-state index contributed by atoms with van der Waals surface area (Å²) in [4.78, 5) is 47.7. The summed E-state index contributed by atoms with van der Waals surface area (Å²) in [5, 5.41) is 27.9. The summed E-state index contributed by atoms with van der Waals surface area (Å²) in [5.41, 5.74) is 6.56. The lowest BCUT2D eigenvalue weighted by molar-refractivity contribution is -0.147. The van der Waals surface area contributed by atoms with E-state index in [0.717, 1.165) is 51.4 Å². The Balaban J connectivity index is 1.95. The van der Waals surface area contributed by atoms with E-state index in [2.05, 4.69) is 10.3 Å². The van der Waals surface area contributed by atoms with E-state index in [1.165, 1.54) is 29.1 Å². The molecule has 5 N–H and O–H groups in total. The lowest BCUT2D eigenvalue weighted by atomic mass is 9.80. The van der Waals surface area contributed by atoms with Crippen LogP contribution in [0.25, 0.3) is 0 Å². The quantitative estimate of drug-likeness (QED) is 0.215. The van der Waals surface area contributed by atoms with Crippen molar-refractivity contribution in [2.45, 2.75) is 122 Å². The molecule has 250 valence electrons. The number of nitrogen functional groups attached to an aromatic ring is 1. The maximum Gasteiger partial charge on any atom is 0.241 e. The SMILES string of the molecule is CC(C)C[C@H](O)[C@H](O)[C@H](CC1CCCCC1)N(CC1CCCCC1)C(=O)[C@@H](CC(=O)NCC(=O)N(C)C)Cc1csc(N)n1. The Morgan fingerprint density at radius 2 is 1.64 bits per heavy atom. The fourth-order valence-electron chi connectivity index (χ4n) is 6.91. The monoisotopic (exact) mass is 635 g/mol. The zero-order valence-electron chi connectivity index (χ0n) is 27.4. The normalized spacial score (nSPS) is 19.2. The number of nitrogens with one attached hydrogen (secondary N) is 1.